The van der Waals surface area contributed by atoms with Crippen molar-refractivity contribution in [3.8, 4) is 0 Å². The van der Waals surface area contributed by atoms with E-state index in [9.17, 15) is 15.0 Å². The molecular formula is C19H28O4. The predicted octanol–water partition coefficient (Wildman–Crippen LogP) is 2.97. The zero-order chi connectivity index (χ0) is 16.7. The minimum atomic E-state index is -0.498. The first-order valence-corrected chi connectivity index (χ1v) is 8.74. The van der Waals surface area contributed by atoms with Gasteiger partial charge in [-0.1, -0.05) is 13.8 Å². The van der Waals surface area contributed by atoms with E-state index in [0.29, 0.717) is 18.6 Å². The second kappa shape index (κ2) is 6.06. The average molecular weight is 320 g/mol. The number of aryl methyl sites for hydroxylation is 1. The Morgan fingerprint density at radius 2 is 2.13 bits per heavy atom. The van der Waals surface area contributed by atoms with Crippen molar-refractivity contribution in [2.24, 2.45) is 22.7 Å². The van der Waals surface area contributed by atoms with Crippen molar-refractivity contribution in [3.05, 3.63) is 24.2 Å². The lowest BCUT2D eigenvalue weighted by atomic mass is 9.46. The molecule has 0 spiro atoms. The molecule has 0 radical (unpaired) electrons. The standard InChI is InChI=1S/C19H28O4/c1-18-9-7-17(22)19(2,12-20)16(18)6-5-15(21)14(18)4-3-13-8-10-23-11-13/h8,10-11,14,16-17,20,22H,3-7,9,12H2,1-2H3/t14-,16?,17-,18+,19+/m1/s1. The van der Waals surface area contributed by atoms with Gasteiger partial charge >= 0.3 is 0 Å². The van der Waals surface area contributed by atoms with Crippen LogP contribution in [-0.2, 0) is 11.2 Å². The van der Waals surface area contributed by atoms with Crippen LogP contribution >= 0.6 is 0 Å². The van der Waals surface area contributed by atoms with E-state index in [1.165, 1.54) is 0 Å². The number of carbonyl (C=O) groups is 1. The number of Topliss-reactive ketones (excluding diaryl/α,β-unsaturated/α-hetero) is 1. The number of rotatable bonds is 4. The van der Waals surface area contributed by atoms with Gasteiger partial charge in [-0.15, -0.1) is 0 Å². The van der Waals surface area contributed by atoms with Crippen molar-refractivity contribution in [2.75, 3.05) is 6.61 Å². The summed E-state index contributed by atoms with van der Waals surface area (Å²) in [7, 11) is 0. The second-order valence-corrected chi connectivity index (χ2v) is 8.00. The third-order valence-corrected chi connectivity index (χ3v) is 6.82. The smallest absolute Gasteiger partial charge is 0.136 e. The zero-order valence-electron chi connectivity index (χ0n) is 14.1. The maximum atomic E-state index is 12.6. The molecule has 2 saturated carbocycles. The fourth-order valence-corrected chi connectivity index (χ4v) is 5.29. The molecule has 23 heavy (non-hydrogen) atoms. The van der Waals surface area contributed by atoms with E-state index in [1.54, 1.807) is 12.5 Å². The molecule has 1 aromatic heterocycles. The van der Waals surface area contributed by atoms with E-state index in [4.69, 9.17) is 4.42 Å². The molecule has 0 saturated heterocycles. The molecule has 128 valence electrons. The summed E-state index contributed by atoms with van der Waals surface area (Å²) in [6.45, 7) is 4.17. The summed E-state index contributed by atoms with van der Waals surface area (Å²) in [6, 6.07) is 1.95. The van der Waals surface area contributed by atoms with Crippen LogP contribution in [0, 0.1) is 22.7 Å². The number of fused-ring (bicyclic) bond motifs is 1. The number of carbonyl (C=O) groups excluding carboxylic acids is 1. The number of furan rings is 1. The molecule has 0 aromatic carbocycles. The highest BCUT2D eigenvalue weighted by atomic mass is 16.3. The molecule has 2 aliphatic rings. The van der Waals surface area contributed by atoms with Gasteiger partial charge in [0.25, 0.3) is 0 Å². The van der Waals surface area contributed by atoms with Crippen molar-refractivity contribution in [3.63, 3.8) is 0 Å². The van der Waals surface area contributed by atoms with Crippen LogP contribution in [-0.4, -0.2) is 28.7 Å². The van der Waals surface area contributed by atoms with Crippen LogP contribution in [0.1, 0.15) is 51.5 Å². The molecule has 2 N–H and O–H groups in total. The van der Waals surface area contributed by atoms with Crippen LogP contribution in [0.2, 0.25) is 0 Å². The Morgan fingerprint density at radius 1 is 1.35 bits per heavy atom. The van der Waals surface area contributed by atoms with Gasteiger partial charge in [-0.25, -0.2) is 0 Å². The van der Waals surface area contributed by atoms with Gasteiger partial charge < -0.3 is 14.6 Å². The number of hydrogen-bond acceptors (Lipinski definition) is 4. The van der Waals surface area contributed by atoms with Gasteiger partial charge in [-0.05, 0) is 55.1 Å². The SMILES string of the molecule is C[C@]1(CO)C2CCC(=O)[C@@H](CCc3ccoc3)[C@]2(C)CC[C@H]1O. The molecule has 1 aromatic rings. The molecule has 2 fully saturated rings. The van der Waals surface area contributed by atoms with Gasteiger partial charge in [0, 0.05) is 17.8 Å². The van der Waals surface area contributed by atoms with E-state index in [0.717, 1.165) is 31.2 Å². The summed E-state index contributed by atoms with van der Waals surface area (Å²) in [5.41, 5.74) is 0.501. The van der Waals surface area contributed by atoms with Crippen molar-refractivity contribution < 1.29 is 19.4 Å². The maximum absolute atomic E-state index is 12.6. The summed E-state index contributed by atoms with van der Waals surface area (Å²) in [6.07, 6.45) is 7.47. The maximum Gasteiger partial charge on any atom is 0.136 e. The largest absolute Gasteiger partial charge is 0.472 e. The Labute approximate surface area is 137 Å². The van der Waals surface area contributed by atoms with Crippen LogP contribution in [0.25, 0.3) is 0 Å². The lowest BCUT2D eigenvalue weighted by Crippen LogP contribution is -2.58. The predicted molar refractivity (Wildman–Crippen MR) is 86.8 cm³/mol. The molecule has 2 aliphatic carbocycles. The van der Waals surface area contributed by atoms with Gasteiger partial charge in [0.1, 0.15) is 5.78 Å². The van der Waals surface area contributed by atoms with Gasteiger partial charge in [0.05, 0.1) is 25.2 Å². The first-order valence-electron chi connectivity index (χ1n) is 8.74. The molecular weight excluding hydrogens is 292 g/mol. The third kappa shape index (κ3) is 2.66. The highest BCUT2D eigenvalue weighted by Gasteiger charge is 2.58. The molecule has 1 heterocycles. The summed E-state index contributed by atoms with van der Waals surface area (Å²) in [4.78, 5) is 12.6. The van der Waals surface area contributed by atoms with Gasteiger partial charge in [-0.3, -0.25) is 4.79 Å². The fourth-order valence-electron chi connectivity index (χ4n) is 5.29. The van der Waals surface area contributed by atoms with E-state index in [2.05, 4.69) is 6.92 Å². The first kappa shape index (κ1) is 16.7. The van der Waals surface area contributed by atoms with Crippen molar-refractivity contribution in [1.29, 1.82) is 0 Å². The Hall–Kier alpha value is -1.13. The van der Waals surface area contributed by atoms with Gasteiger partial charge in [-0.2, -0.15) is 0 Å². The Morgan fingerprint density at radius 3 is 2.78 bits per heavy atom. The molecule has 0 aliphatic heterocycles. The van der Waals surface area contributed by atoms with E-state index in [-0.39, 0.29) is 23.9 Å². The number of ketones is 1. The highest BCUT2D eigenvalue weighted by Crippen LogP contribution is 2.59. The quantitative estimate of drug-likeness (QED) is 0.895. The van der Waals surface area contributed by atoms with Crippen LogP contribution in [0.3, 0.4) is 0 Å². The zero-order valence-corrected chi connectivity index (χ0v) is 14.1. The molecule has 4 heteroatoms. The molecule has 0 amide bonds. The minimum absolute atomic E-state index is 0.00882. The fraction of sp³-hybridized carbons (Fsp3) is 0.737. The lowest BCUT2D eigenvalue weighted by molar-refractivity contribution is -0.171. The molecule has 4 nitrogen and oxygen atoms in total. The van der Waals surface area contributed by atoms with Crippen LogP contribution in [0.5, 0.6) is 0 Å². The van der Waals surface area contributed by atoms with Crippen LogP contribution in [0.4, 0.5) is 0 Å². The second-order valence-electron chi connectivity index (χ2n) is 8.00. The van der Waals surface area contributed by atoms with E-state index >= 15 is 0 Å². The summed E-state index contributed by atoms with van der Waals surface area (Å²) >= 11 is 0. The van der Waals surface area contributed by atoms with E-state index in [1.807, 2.05) is 13.0 Å². The molecule has 5 atom stereocenters. The number of hydrogen-bond donors (Lipinski definition) is 2. The summed E-state index contributed by atoms with van der Waals surface area (Å²) in [5, 5.41) is 20.4. The summed E-state index contributed by atoms with van der Waals surface area (Å²) in [5.74, 6) is 0.550. The summed E-state index contributed by atoms with van der Waals surface area (Å²) < 4.78 is 5.13. The van der Waals surface area contributed by atoms with Crippen molar-refractivity contribution in [1.82, 2.24) is 0 Å². The Bertz CT molecular complexity index is 552. The third-order valence-electron chi connectivity index (χ3n) is 6.82. The van der Waals surface area contributed by atoms with Crippen LogP contribution < -0.4 is 0 Å². The Balaban J connectivity index is 1.85. The van der Waals surface area contributed by atoms with Crippen LogP contribution in [0.15, 0.2) is 23.0 Å². The van der Waals surface area contributed by atoms with Crippen molar-refractivity contribution in [2.45, 2.75) is 58.5 Å². The number of aliphatic hydroxyl groups excluding tert-OH is 2. The van der Waals surface area contributed by atoms with E-state index < -0.39 is 11.5 Å². The lowest BCUT2D eigenvalue weighted by Gasteiger charge is -2.58. The van der Waals surface area contributed by atoms with Gasteiger partial charge in [0.15, 0.2) is 0 Å². The molecule has 3 rings (SSSR count). The van der Waals surface area contributed by atoms with Crippen molar-refractivity contribution >= 4 is 5.78 Å². The highest BCUT2D eigenvalue weighted by molar-refractivity contribution is 5.83. The topological polar surface area (TPSA) is 70.7 Å². The van der Waals surface area contributed by atoms with Gasteiger partial charge in [0.2, 0.25) is 0 Å². The minimum Gasteiger partial charge on any atom is -0.472 e. The Kier molecular flexibility index (Phi) is 4.41. The molecule has 0 bridgehead atoms. The normalized spacial score (nSPS) is 40.9. The molecule has 1 unspecified atom stereocenters. The monoisotopic (exact) mass is 320 g/mol. The number of aliphatic hydroxyl groups is 2. The average Bonchev–Trinajstić information content (AvgIpc) is 3.04. The first-order chi connectivity index (χ1) is 10.9.